The Morgan fingerprint density at radius 3 is 2.52 bits per heavy atom. The van der Waals surface area contributed by atoms with Gasteiger partial charge in [0, 0.05) is 19.1 Å². The number of benzene rings is 1. The van der Waals surface area contributed by atoms with Gasteiger partial charge in [0.05, 0.1) is 15.5 Å². The summed E-state index contributed by atoms with van der Waals surface area (Å²) in [4.78, 5) is 0.0481. The van der Waals surface area contributed by atoms with Crippen LogP contribution in [0.25, 0.3) is 0 Å². The molecule has 1 aliphatic heterocycles. The highest BCUT2D eigenvalue weighted by Gasteiger charge is 2.34. The molecule has 0 bridgehead atoms. The van der Waals surface area contributed by atoms with Gasteiger partial charge in [-0.15, -0.1) is 0 Å². The molecule has 1 aromatic carbocycles. The summed E-state index contributed by atoms with van der Waals surface area (Å²) in [6.45, 7) is 2.22. The predicted molar refractivity (Wildman–Crippen MR) is 80.1 cm³/mol. The minimum Gasteiger partial charge on any atom is -0.329 e. The van der Waals surface area contributed by atoms with Crippen LogP contribution >= 0.6 is 0 Å². The van der Waals surface area contributed by atoms with E-state index >= 15 is 0 Å². The normalized spacial score (nSPS) is 20.8. The van der Waals surface area contributed by atoms with Gasteiger partial charge in [0.2, 0.25) is 10.0 Å². The minimum absolute atomic E-state index is 0.0115. The largest absolute Gasteiger partial charge is 0.329 e. The van der Waals surface area contributed by atoms with Gasteiger partial charge in [0.25, 0.3) is 0 Å². The summed E-state index contributed by atoms with van der Waals surface area (Å²) >= 11 is 0. The molecule has 0 radical (unpaired) electrons. The van der Waals surface area contributed by atoms with Crippen LogP contribution in [0.1, 0.15) is 19.8 Å². The summed E-state index contributed by atoms with van der Waals surface area (Å²) in [6, 6.07) is 5.34. The second kappa shape index (κ2) is 6.04. The Hall–Kier alpha value is -0.960. The van der Waals surface area contributed by atoms with E-state index in [0.717, 1.165) is 12.8 Å². The molecule has 1 fully saturated rings. The van der Waals surface area contributed by atoms with Crippen molar-refractivity contribution < 1.29 is 16.8 Å². The van der Waals surface area contributed by atoms with Gasteiger partial charge in [-0.2, -0.15) is 4.31 Å². The van der Waals surface area contributed by atoms with Gasteiger partial charge >= 0.3 is 0 Å². The molecule has 0 unspecified atom stereocenters. The van der Waals surface area contributed by atoms with Gasteiger partial charge in [0.15, 0.2) is 9.84 Å². The maximum atomic E-state index is 12.6. The lowest BCUT2D eigenvalue weighted by Gasteiger charge is -2.23. The van der Waals surface area contributed by atoms with Gasteiger partial charge in [-0.1, -0.05) is 13.0 Å². The maximum Gasteiger partial charge on any atom is 0.243 e. The summed E-state index contributed by atoms with van der Waals surface area (Å²) in [5, 5.41) is 0. The summed E-state index contributed by atoms with van der Waals surface area (Å²) in [5.41, 5.74) is 5.62. The first-order valence-corrected chi connectivity index (χ1v) is 9.97. The Labute approximate surface area is 125 Å². The van der Waals surface area contributed by atoms with E-state index < -0.39 is 19.9 Å². The molecular weight excluding hydrogens is 312 g/mol. The topological polar surface area (TPSA) is 97.5 Å². The number of hydrogen-bond acceptors (Lipinski definition) is 5. The molecular formula is C13H20N2O4S2. The third-order valence-corrected chi connectivity index (χ3v) is 7.43. The van der Waals surface area contributed by atoms with Gasteiger partial charge in [-0.05, 0) is 31.0 Å². The lowest BCUT2D eigenvalue weighted by molar-refractivity contribution is 0.393. The van der Waals surface area contributed by atoms with Crippen molar-refractivity contribution in [2.24, 2.45) is 5.73 Å². The molecule has 118 valence electrons. The predicted octanol–water partition coefficient (Wildman–Crippen LogP) is 0.592. The van der Waals surface area contributed by atoms with Crippen LogP contribution in [0.3, 0.4) is 0 Å². The Morgan fingerprint density at radius 1 is 1.24 bits per heavy atom. The van der Waals surface area contributed by atoms with E-state index in [1.165, 1.54) is 35.5 Å². The number of sulfonamides is 1. The van der Waals surface area contributed by atoms with E-state index in [2.05, 4.69) is 0 Å². The molecule has 1 saturated heterocycles. The van der Waals surface area contributed by atoms with Gasteiger partial charge in [0.1, 0.15) is 0 Å². The molecule has 1 atom stereocenters. The highest BCUT2D eigenvalue weighted by atomic mass is 32.2. The third kappa shape index (κ3) is 3.13. The van der Waals surface area contributed by atoms with Crippen LogP contribution in [0.5, 0.6) is 0 Å². The molecule has 1 aromatic rings. The average Bonchev–Trinajstić information content (AvgIpc) is 2.96. The van der Waals surface area contributed by atoms with Crippen molar-refractivity contribution in [1.29, 1.82) is 0 Å². The first-order valence-electron chi connectivity index (χ1n) is 6.87. The zero-order chi connectivity index (χ0) is 15.7. The second-order valence-corrected chi connectivity index (χ2v) is 9.19. The smallest absolute Gasteiger partial charge is 0.243 e. The van der Waals surface area contributed by atoms with E-state index in [-0.39, 0.29) is 28.1 Å². The number of hydrogen-bond donors (Lipinski definition) is 1. The van der Waals surface area contributed by atoms with E-state index in [9.17, 15) is 16.8 Å². The molecule has 8 heteroatoms. The van der Waals surface area contributed by atoms with Gasteiger partial charge < -0.3 is 5.73 Å². The van der Waals surface area contributed by atoms with Crippen molar-refractivity contribution in [3.63, 3.8) is 0 Å². The van der Waals surface area contributed by atoms with Crippen LogP contribution < -0.4 is 5.73 Å². The fourth-order valence-corrected chi connectivity index (χ4v) is 5.24. The fourth-order valence-electron chi connectivity index (χ4n) is 2.49. The van der Waals surface area contributed by atoms with Crippen LogP contribution in [-0.4, -0.2) is 46.0 Å². The first kappa shape index (κ1) is 16.4. The van der Waals surface area contributed by atoms with Crippen molar-refractivity contribution in [2.45, 2.75) is 35.6 Å². The molecule has 2 rings (SSSR count). The van der Waals surface area contributed by atoms with E-state index in [4.69, 9.17) is 5.73 Å². The number of rotatable bonds is 5. The lowest BCUT2D eigenvalue weighted by Crippen LogP contribution is -2.39. The zero-order valence-corrected chi connectivity index (χ0v) is 13.5. The van der Waals surface area contributed by atoms with E-state index in [1.807, 2.05) is 0 Å². The lowest BCUT2D eigenvalue weighted by atomic mass is 10.2. The van der Waals surface area contributed by atoms with Crippen molar-refractivity contribution >= 4 is 19.9 Å². The van der Waals surface area contributed by atoms with Crippen LogP contribution in [0.15, 0.2) is 34.1 Å². The fraction of sp³-hybridized carbons (Fsp3) is 0.538. The highest BCUT2D eigenvalue weighted by Crippen LogP contribution is 2.27. The second-order valence-electron chi connectivity index (χ2n) is 5.03. The molecule has 0 amide bonds. The zero-order valence-electron chi connectivity index (χ0n) is 11.9. The molecule has 0 aliphatic carbocycles. The number of nitrogens with zero attached hydrogens (tertiary/aromatic N) is 1. The average molecular weight is 332 g/mol. The summed E-state index contributed by atoms with van der Waals surface area (Å²) < 4.78 is 50.5. The molecule has 6 nitrogen and oxygen atoms in total. The Balaban J connectivity index is 2.44. The standard InChI is InChI=1S/C13H20N2O4S2/c1-2-20(16,17)12-6-3-7-13(9-12)21(18,19)15-8-4-5-11(15)10-14/h3,6-7,9,11H,2,4-5,8,10,14H2,1H3/t11-/m1/s1. The summed E-state index contributed by atoms with van der Waals surface area (Å²) in [5.74, 6) is -0.0638. The Kier molecular flexibility index (Phi) is 4.72. The molecule has 0 aromatic heterocycles. The summed E-state index contributed by atoms with van der Waals surface area (Å²) in [7, 11) is -7.13. The number of nitrogens with two attached hydrogens (primary N) is 1. The van der Waals surface area contributed by atoms with Gasteiger partial charge in [-0.25, -0.2) is 16.8 Å². The van der Waals surface area contributed by atoms with Crippen molar-refractivity contribution in [1.82, 2.24) is 4.31 Å². The quantitative estimate of drug-likeness (QED) is 0.851. The van der Waals surface area contributed by atoms with Crippen LogP contribution in [0.2, 0.25) is 0 Å². The van der Waals surface area contributed by atoms with Crippen LogP contribution in [0, 0.1) is 0 Å². The van der Waals surface area contributed by atoms with E-state index in [1.54, 1.807) is 0 Å². The van der Waals surface area contributed by atoms with Crippen molar-refractivity contribution in [3.8, 4) is 0 Å². The van der Waals surface area contributed by atoms with Gasteiger partial charge in [-0.3, -0.25) is 0 Å². The molecule has 1 heterocycles. The van der Waals surface area contributed by atoms with Crippen molar-refractivity contribution in [2.75, 3.05) is 18.8 Å². The Morgan fingerprint density at radius 2 is 1.90 bits per heavy atom. The SMILES string of the molecule is CCS(=O)(=O)c1cccc(S(=O)(=O)N2CCC[C@@H]2CN)c1. The summed E-state index contributed by atoms with van der Waals surface area (Å²) in [6.07, 6.45) is 1.51. The van der Waals surface area contributed by atoms with E-state index in [0.29, 0.717) is 6.54 Å². The number of sulfone groups is 1. The molecule has 1 aliphatic rings. The molecule has 21 heavy (non-hydrogen) atoms. The molecule has 0 spiro atoms. The third-order valence-electron chi connectivity index (χ3n) is 3.75. The monoisotopic (exact) mass is 332 g/mol. The maximum absolute atomic E-state index is 12.6. The highest BCUT2D eigenvalue weighted by molar-refractivity contribution is 7.91. The van der Waals surface area contributed by atoms with Crippen molar-refractivity contribution in [3.05, 3.63) is 24.3 Å². The first-order chi connectivity index (χ1) is 9.82. The minimum atomic E-state index is -3.70. The Bertz CT molecular complexity index is 713. The van der Waals surface area contributed by atoms with Crippen LogP contribution in [0.4, 0.5) is 0 Å². The molecule has 0 saturated carbocycles. The van der Waals surface area contributed by atoms with Crippen LogP contribution in [-0.2, 0) is 19.9 Å². The molecule has 2 N–H and O–H groups in total.